The third kappa shape index (κ3) is 5.94. The van der Waals surface area contributed by atoms with Crippen LogP contribution in [0.25, 0.3) is 0 Å². The van der Waals surface area contributed by atoms with Gasteiger partial charge in [0.2, 0.25) is 5.91 Å². The van der Waals surface area contributed by atoms with Crippen LogP contribution in [0.15, 0.2) is 30.3 Å². The molecule has 1 aliphatic rings. The fraction of sp³-hybridized carbons (Fsp3) is 0.533. The minimum Gasteiger partial charge on any atom is -0.355 e. The lowest BCUT2D eigenvalue weighted by molar-refractivity contribution is -0.121. The van der Waals surface area contributed by atoms with E-state index in [1.807, 2.05) is 30.3 Å². The third-order valence-corrected chi connectivity index (χ3v) is 4.96. The summed E-state index contributed by atoms with van der Waals surface area (Å²) in [5.74, 6) is 0.0107. The molecule has 1 saturated carbocycles. The molecule has 124 valence electrons. The summed E-state index contributed by atoms with van der Waals surface area (Å²) >= 11 is 0. The lowest BCUT2D eigenvalue weighted by Gasteiger charge is -2.16. The Bertz CT molecular complexity index is 600. The number of nitrogens with one attached hydrogen (secondary N) is 1. The lowest BCUT2D eigenvalue weighted by Crippen LogP contribution is -2.35. The van der Waals surface area contributed by atoms with Gasteiger partial charge in [0.15, 0.2) is 0 Å². The standard InChI is InChI=1S/C15H22N2O3S.ClH/c1-21(19,20)11-15(7-8-15)10-17-14(18)9-13(16)12-5-3-2-4-6-12;/h2-6,13H,7-11,16H2,1H3,(H,17,18);1H. The summed E-state index contributed by atoms with van der Waals surface area (Å²) in [6, 6.07) is 9.12. The van der Waals surface area contributed by atoms with E-state index < -0.39 is 9.84 Å². The Morgan fingerprint density at radius 1 is 1.32 bits per heavy atom. The van der Waals surface area contributed by atoms with Gasteiger partial charge in [-0.25, -0.2) is 8.42 Å². The van der Waals surface area contributed by atoms with Gasteiger partial charge in [0.1, 0.15) is 9.84 Å². The molecule has 0 radical (unpaired) electrons. The van der Waals surface area contributed by atoms with Gasteiger partial charge in [-0.2, -0.15) is 0 Å². The maximum atomic E-state index is 11.9. The van der Waals surface area contributed by atoms with Crippen molar-refractivity contribution in [3.63, 3.8) is 0 Å². The lowest BCUT2D eigenvalue weighted by atomic mass is 10.0. The predicted octanol–water partition coefficient (Wildman–Crippen LogP) is 1.44. The smallest absolute Gasteiger partial charge is 0.221 e. The van der Waals surface area contributed by atoms with Crippen molar-refractivity contribution < 1.29 is 13.2 Å². The molecule has 0 aromatic heterocycles. The summed E-state index contributed by atoms with van der Waals surface area (Å²) in [7, 11) is -3.01. The number of hydrogen-bond acceptors (Lipinski definition) is 4. The average Bonchev–Trinajstić information content (AvgIpc) is 3.15. The molecule has 0 aliphatic heterocycles. The predicted molar refractivity (Wildman–Crippen MR) is 89.6 cm³/mol. The van der Waals surface area contributed by atoms with Gasteiger partial charge < -0.3 is 11.1 Å². The van der Waals surface area contributed by atoms with Crippen LogP contribution in [0.4, 0.5) is 0 Å². The SMILES string of the molecule is CS(=O)(=O)CC1(CNC(=O)CC(N)c2ccccc2)CC1.Cl. The van der Waals surface area contributed by atoms with Crippen LogP contribution in [-0.2, 0) is 14.6 Å². The Hall–Kier alpha value is -1.11. The Morgan fingerprint density at radius 2 is 1.91 bits per heavy atom. The van der Waals surface area contributed by atoms with Crippen molar-refractivity contribution in [3.05, 3.63) is 35.9 Å². The molecule has 2 rings (SSSR count). The molecule has 0 spiro atoms. The zero-order valence-electron chi connectivity index (χ0n) is 12.6. The van der Waals surface area contributed by atoms with Crippen LogP contribution < -0.4 is 11.1 Å². The highest BCUT2D eigenvalue weighted by atomic mass is 35.5. The van der Waals surface area contributed by atoms with Crippen LogP contribution in [0.2, 0.25) is 0 Å². The first-order valence-electron chi connectivity index (χ1n) is 7.05. The summed E-state index contributed by atoms with van der Waals surface area (Å²) in [6.07, 6.45) is 3.15. The van der Waals surface area contributed by atoms with Crippen LogP contribution >= 0.6 is 12.4 Å². The Kier molecular flexibility index (Phi) is 6.40. The van der Waals surface area contributed by atoms with Crippen LogP contribution in [0, 0.1) is 5.41 Å². The first-order chi connectivity index (χ1) is 9.80. The minimum absolute atomic E-state index is 0. The van der Waals surface area contributed by atoms with Crippen LogP contribution in [0.3, 0.4) is 0 Å². The molecule has 1 amide bonds. The molecule has 1 atom stereocenters. The molecule has 1 unspecified atom stereocenters. The zero-order valence-corrected chi connectivity index (χ0v) is 14.3. The number of nitrogens with two attached hydrogens (primary N) is 1. The van der Waals surface area contributed by atoms with Crippen molar-refractivity contribution in [2.75, 3.05) is 18.6 Å². The van der Waals surface area contributed by atoms with E-state index in [4.69, 9.17) is 5.73 Å². The van der Waals surface area contributed by atoms with Crippen LogP contribution in [-0.4, -0.2) is 32.9 Å². The topological polar surface area (TPSA) is 89.3 Å². The maximum Gasteiger partial charge on any atom is 0.221 e. The highest BCUT2D eigenvalue weighted by Gasteiger charge is 2.45. The second-order valence-corrected chi connectivity index (χ2v) is 8.21. The fourth-order valence-electron chi connectivity index (χ4n) is 2.48. The second kappa shape index (κ2) is 7.44. The zero-order chi connectivity index (χ0) is 15.5. The highest BCUT2D eigenvalue weighted by molar-refractivity contribution is 7.90. The Labute approximate surface area is 138 Å². The Morgan fingerprint density at radius 3 is 2.41 bits per heavy atom. The van der Waals surface area contributed by atoms with Gasteiger partial charge in [-0.15, -0.1) is 12.4 Å². The Balaban J connectivity index is 0.00000242. The molecule has 1 aromatic carbocycles. The quantitative estimate of drug-likeness (QED) is 0.781. The number of halogens is 1. The molecule has 5 nitrogen and oxygen atoms in total. The molecule has 1 fully saturated rings. The molecule has 0 bridgehead atoms. The molecule has 1 aromatic rings. The van der Waals surface area contributed by atoms with E-state index in [0.717, 1.165) is 18.4 Å². The normalized spacial score (nSPS) is 17.2. The summed E-state index contributed by atoms with van der Waals surface area (Å²) in [6.45, 7) is 0.417. The van der Waals surface area contributed by atoms with Crippen molar-refractivity contribution in [2.24, 2.45) is 11.1 Å². The molecule has 1 aliphatic carbocycles. The summed E-state index contributed by atoms with van der Waals surface area (Å²) < 4.78 is 22.7. The summed E-state index contributed by atoms with van der Waals surface area (Å²) in [5, 5.41) is 2.83. The van der Waals surface area contributed by atoms with Gasteiger partial charge >= 0.3 is 0 Å². The van der Waals surface area contributed by atoms with E-state index in [-0.39, 0.29) is 41.9 Å². The maximum absolute atomic E-state index is 11.9. The number of sulfone groups is 1. The number of amides is 1. The molecule has 0 saturated heterocycles. The molecule has 22 heavy (non-hydrogen) atoms. The van der Waals surface area contributed by atoms with Crippen molar-refractivity contribution in [1.29, 1.82) is 0 Å². The molecule has 0 heterocycles. The fourth-order valence-corrected chi connectivity index (χ4v) is 3.98. The molecular formula is C15H23ClN2O3S. The first kappa shape index (κ1) is 18.9. The minimum atomic E-state index is -3.01. The van der Waals surface area contributed by atoms with Crippen LogP contribution in [0.1, 0.15) is 30.9 Å². The van der Waals surface area contributed by atoms with Gasteiger partial charge in [0, 0.05) is 30.7 Å². The van der Waals surface area contributed by atoms with E-state index in [1.54, 1.807) is 0 Å². The number of hydrogen-bond donors (Lipinski definition) is 2. The van der Waals surface area contributed by atoms with Gasteiger partial charge in [0.05, 0.1) is 5.75 Å². The van der Waals surface area contributed by atoms with Crippen molar-refractivity contribution in [1.82, 2.24) is 5.32 Å². The van der Waals surface area contributed by atoms with Gasteiger partial charge in [-0.3, -0.25) is 4.79 Å². The van der Waals surface area contributed by atoms with Crippen molar-refractivity contribution in [3.8, 4) is 0 Å². The third-order valence-electron chi connectivity index (χ3n) is 3.82. The monoisotopic (exact) mass is 346 g/mol. The van der Waals surface area contributed by atoms with Crippen molar-refractivity contribution >= 4 is 28.2 Å². The number of rotatable bonds is 7. The van der Waals surface area contributed by atoms with Crippen LogP contribution in [0.5, 0.6) is 0 Å². The number of carbonyl (C=O) groups is 1. The molecule has 7 heteroatoms. The summed E-state index contributed by atoms with van der Waals surface area (Å²) in [4.78, 5) is 11.9. The van der Waals surface area contributed by atoms with Crippen molar-refractivity contribution in [2.45, 2.75) is 25.3 Å². The highest BCUT2D eigenvalue weighted by Crippen LogP contribution is 2.46. The second-order valence-electron chi connectivity index (χ2n) is 6.07. The van der Waals surface area contributed by atoms with Gasteiger partial charge in [-0.1, -0.05) is 30.3 Å². The first-order valence-corrected chi connectivity index (χ1v) is 9.11. The van der Waals surface area contributed by atoms with E-state index in [0.29, 0.717) is 6.54 Å². The number of carbonyl (C=O) groups excluding carboxylic acids is 1. The average molecular weight is 347 g/mol. The molecule has 3 N–H and O–H groups in total. The van der Waals surface area contributed by atoms with Gasteiger partial charge in [0.25, 0.3) is 0 Å². The van der Waals surface area contributed by atoms with E-state index >= 15 is 0 Å². The number of benzene rings is 1. The molecular weight excluding hydrogens is 324 g/mol. The summed E-state index contributed by atoms with van der Waals surface area (Å²) in [5.41, 5.74) is 6.67. The van der Waals surface area contributed by atoms with E-state index in [1.165, 1.54) is 6.26 Å². The van der Waals surface area contributed by atoms with E-state index in [2.05, 4.69) is 5.32 Å². The van der Waals surface area contributed by atoms with E-state index in [9.17, 15) is 13.2 Å². The van der Waals surface area contributed by atoms with Gasteiger partial charge in [-0.05, 0) is 18.4 Å². The largest absolute Gasteiger partial charge is 0.355 e.